The summed E-state index contributed by atoms with van der Waals surface area (Å²) in [6, 6.07) is 4.46. The molecule has 1 nitrogen and oxygen atoms in total. The fourth-order valence-electron chi connectivity index (χ4n) is 1.06. The number of nitrogens with one attached hydrogen (secondary N) is 1. The molecule has 0 amide bonds. The number of terminal acetylenes is 1. The Kier molecular flexibility index (Phi) is 3.47. The lowest BCUT2D eigenvalue weighted by atomic mass is 10.1. The second kappa shape index (κ2) is 4.40. The highest BCUT2D eigenvalue weighted by atomic mass is 79.9. The molecule has 0 aliphatic rings. The lowest BCUT2D eigenvalue weighted by molar-refractivity contribution is 0.586. The summed E-state index contributed by atoms with van der Waals surface area (Å²) < 4.78 is 14.0. The van der Waals surface area contributed by atoms with E-state index in [2.05, 4.69) is 27.2 Å². The minimum atomic E-state index is -0.368. The zero-order valence-electron chi connectivity index (χ0n) is 7.14. The topological polar surface area (TPSA) is 12.0 Å². The SMILES string of the molecule is C#CC(NC)c1ccc(Br)cc1F. The van der Waals surface area contributed by atoms with Crippen LogP contribution in [0.25, 0.3) is 0 Å². The van der Waals surface area contributed by atoms with Crippen LogP contribution in [-0.4, -0.2) is 7.05 Å². The molecule has 68 valence electrons. The summed E-state index contributed by atoms with van der Waals surface area (Å²) >= 11 is 3.18. The fourth-order valence-corrected chi connectivity index (χ4v) is 1.40. The quantitative estimate of drug-likeness (QED) is 0.785. The van der Waals surface area contributed by atoms with Gasteiger partial charge in [-0.05, 0) is 19.2 Å². The number of halogens is 2. The van der Waals surface area contributed by atoms with Crippen molar-refractivity contribution in [3.8, 4) is 12.3 Å². The summed E-state index contributed by atoms with van der Waals surface area (Å²) in [6.45, 7) is 0. The maximum absolute atomic E-state index is 13.3. The Labute approximate surface area is 85.5 Å². The molecule has 0 heterocycles. The fraction of sp³-hybridized carbons (Fsp3) is 0.200. The van der Waals surface area contributed by atoms with Crippen LogP contribution in [0.2, 0.25) is 0 Å². The normalized spacial score (nSPS) is 12.2. The van der Waals surface area contributed by atoms with Gasteiger partial charge in [0.1, 0.15) is 5.82 Å². The van der Waals surface area contributed by atoms with Gasteiger partial charge in [0, 0.05) is 10.0 Å². The van der Waals surface area contributed by atoms with Crippen molar-refractivity contribution in [2.75, 3.05) is 7.05 Å². The van der Waals surface area contributed by atoms with Crippen LogP contribution < -0.4 is 5.32 Å². The van der Waals surface area contributed by atoms with E-state index < -0.39 is 0 Å². The predicted molar refractivity (Wildman–Crippen MR) is 54.7 cm³/mol. The molecule has 1 aromatic rings. The van der Waals surface area contributed by atoms with Crippen LogP contribution in [0.15, 0.2) is 22.7 Å². The van der Waals surface area contributed by atoms with Gasteiger partial charge >= 0.3 is 0 Å². The standard InChI is InChI=1S/C10H9BrFN/c1-3-10(13-2)8-5-4-7(11)6-9(8)12/h1,4-6,10,13H,2H3. The van der Waals surface area contributed by atoms with Crippen LogP contribution in [0, 0.1) is 18.2 Å². The third kappa shape index (κ3) is 2.30. The van der Waals surface area contributed by atoms with Gasteiger partial charge in [0.05, 0.1) is 6.04 Å². The van der Waals surface area contributed by atoms with Crippen molar-refractivity contribution < 1.29 is 4.39 Å². The number of benzene rings is 1. The molecular weight excluding hydrogens is 233 g/mol. The van der Waals surface area contributed by atoms with Crippen molar-refractivity contribution >= 4 is 15.9 Å². The van der Waals surface area contributed by atoms with Gasteiger partial charge in [-0.2, -0.15) is 0 Å². The second-order valence-electron chi connectivity index (χ2n) is 2.55. The maximum atomic E-state index is 13.3. The van der Waals surface area contributed by atoms with Crippen LogP contribution in [0.3, 0.4) is 0 Å². The molecule has 1 atom stereocenters. The van der Waals surface area contributed by atoms with Gasteiger partial charge in [-0.15, -0.1) is 6.42 Å². The number of rotatable bonds is 2. The highest BCUT2D eigenvalue weighted by molar-refractivity contribution is 9.10. The summed E-state index contributed by atoms with van der Waals surface area (Å²) in [5.41, 5.74) is 0.494. The molecule has 1 N–H and O–H groups in total. The van der Waals surface area contributed by atoms with Crippen molar-refractivity contribution in [2.45, 2.75) is 6.04 Å². The van der Waals surface area contributed by atoms with Crippen LogP contribution in [0.1, 0.15) is 11.6 Å². The molecule has 1 rings (SSSR count). The summed E-state index contributed by atoms with van der Waals surface area (Å²) in [6.07, 6.45) is 5.23. The van der Waals surface area contributed by atoms with Crippen molar-refractivity contribution in [2.24, 2.45) is 0 Å². The first-order chi connectivity index (χ1) is 6.19. The highest BCUT2D eigenvalue weighted by Crippen LogP contribution is 2.20. The third-order valence-electron chi connectivity index (χ3n) is 1.73. The average Bonchev–Trinajstić information content (AvgIpc) is 2.10. The Morgan fingerprint density at radius 2 is 2.31 bits per heavy atom. The molecule has 0 saturated carbocycles. The largest absolute Gasteiger partial charge is 0.303 e. The van der Waals surface area contributed by atoms with E-state index in [0.29, 0.717) is 10.0 Å². The van der Waals surface area contributed by atoms with Gasteiger partial charge in [-0.25, -0.2) is 4.39 Å². The molecule has 0 aromatic heterocycles. The zero-order chi connectivity index (χ0) is 9.84. The van der Waals surface area contributed by atoms with Gasteiger partial charge in [0.15, 0.2) is 0 Å². The minimum absolute atomic E-state index is 0.299. The molecule has 0 saturated heterocycles. The van der Waals surface area contributed by atoms with Crippen LogP contribution >= 0.6 is 15.9 Å². The Morgan fingerprint density at radius 1 is 1.62 bits per heavy atom. The Balaban J connectivity index is 3.09. The molecule has 0 radical (unpaired) electrons. The van der Waals surface area contributed by atoms with Crippen LogP contribution in [0.5, 0.6) is 0 Å². The van der Waals surface area contributed by atoms with Crippen molar-refractivity contribution in [1.29, 1.82) is 0 Å². The molecule has 1 unspecified atom stereocenters. The van der Waals surface area contributed by atoms with Crippen LogP contribution in [0.4, 0.5) is 4.39 Å². The average molecular weight is 242 g/mol. The second-order valence-corrected chi connectivity index (χ2v) is 3.47. The lowest BCUT2D eigenvalue weighted by Crippen LogP contribution is -2.15. The van der Waals surface area contributed by atoms with Gasteiger partial charge in [0.25, 0.3) is 0 Å². The molecule has 13 heavy (non-hydrogen) atoms. The highest BCUT2D eigenvalue weighted by Gasteiger charge is 2.10. The first-order valence-corrected chi connectivity index (χ1v) is 4.56. The molecule has 1 aromatic carbocycles. The first kappa shape index (κ1) is 10.2. The summed E-state index contributed by atoms with van der Waals surface area (Å²) in [5, 5.41) is 2.84. The van der Waals surface area contributed by atoms with E-state index in [1.807, 2.05) is 0 Å². The van der Waals surface area contributed by atoms with E-state index in [1.54, 1.807) is 19.2 Å². The zero-order valence-corrected chi connectivity index (χ0v) is 8.73. The van der Waals surface area contributed by atoms with E-state index in [4.69, 9.17) is 6.42 Å². The van der Waals surface area contributed by atoms with E-state index in [0.717, 1.165) is 0 Å². The van der Waals surface area contributed by atoms with Gasteiger partial charge in [-0.3, -0.25) is 0 Å². The molecular formula is C10H9BrFN. The summed E-state index contributed by atoms with van der Waals surface area (Å²) in [7, 11) is 1.70. The van der Waals surface area contributed by atoms with Gasteiger partial charge in [0.2, 0.25) is 0 Å². The number of hydrogen-bond acceptors (Lipinski definition) is 1. The smallest absolute Gasteiger partial charge is 0.130 e. The third-order valence-corrected chi connectivity index (χ3v) is 2.22. The van der Waals surface area contributed by atoms with Crippen molar-refractivity contribution in [1.82, 2.24) is 5.32 Å². The van der Waals surface area contributed by atoms with Crippen molar-refractivity contribution in [3.05, 3.63) is 34.1 Å². The van der Waals surface area contributed by atoms with E-state index >= 15 is 0 Å². The molecule has 0 aliphatic carbocycles. The van der Waals surface area contributed by atoms with E-state index in [1.165, 1.54) is 6.07 Å². The summed E-state index contributed by atoms with van der Waals surface area (Å²) in [5.74, 6) is 2.16. The summed E-state index contributed by atoms with van der Waals surface area (Å²) in [4.78, 5) is 0. The first-order valence-electron chi connectivity index (χ1n) is 3.77. The van der Waals surface area contributed by atoms with Gasteiger partial charge in [-0.1, -0.05) is 27.9 Å². The Hall–Kier alpha value is -0.850. The Bertz CT molecular complexity index is 343. The van der Waals surface area contributed by atoms with Gasteiger partial charge < -0.3 is 5.32 Å². The molecule has 0 spiro atoms. The molecule has 0 bridgehead atoms. The predicted octanol–water partition coefficient (Wildman–Crippen LogP) is 2.48. The van der Waals surface area contributed by atoms with Crippen molar-refractivity contribution in [3.63, 3.8) is 0 Å². The monoisotopic (exact) mass is 241 g/mol. The molecule has 0 aliphatic heterocycles. The van der Waals surface area contributed by atoms with Crippen LogP contribution in [-0.2, 0) is 0 Å². The lowest BCUT2D eigenvalue weighted by Gasteiger charge is -2.10. The number of hydrogen-bond donors (Lipinski definition) is 1. The van der Waals surface area contributed by atoms with E-state index in [-0.39, 0.29) is 11.9 Å². The maximum Gasteiger partial charge on any atom is 0.130 e. The molecule has 3 heteroatoms. The minimum Gasteiger partial charge on any atom is -0.303 e. The molecule has 0 fully saturated rings. The Morgan fingerprint density at radius 3 is 2.77 bits per heavy atom. The van der Waals surface area contributed by atoms with E-state index in [9.17, 15) is 4.39 Å².